The number of anilines is 1. The number of carbonyl (C=O) groups excluding carboxylic acids is 1. The van der Waals surface area contributed by atoms with E-state index in [2.05, 4.69) is 6.07 Å². The molecule has 1 unspecified atom stereocenters. The molecule has 2 aromatic rings. The summed E-state index contributed by atoms with van der Waals surface area (Å²) >= 11 is 1.48. The summed E-state index contributed by atoms with van der Waals surface area (Å²) in [4.78, 5) is 15.7. The molecule has 2 aromatic carbocycles. The van der Waals surface area contributed by atoms with E-state index in [4.69, 9.17) is 14.7 Å². The van der Waals surface area contributed by atoms with Gasteiger partial charge >= 0.3 is 0 Å². The summed E-state index contributed by atoms with van der Waals surface area (Å²) in [5.41, 5.74) is 0.809. The summed E-state index contributed by atoms with van der Waals surface area (Å²) in [5, 5.41) is 8.64. The van der Waals surface area contributed by atoms with Gasteiger partial charge in [-0.25, -0.2) is 0 Å². The van der Waals surface area contributed by atoms with E-state index in [1.165, 1.54) is 11.8 Å². The lowest BCUT2D eigenvalue weighted by molar-refractivity contribution is -0.117. The first-order chi connectivity index (χ1) is 13.2. The van der Waals surface area contributed by atoms with E-state index in [1.54, 1.807) is 4.90 Å². The Kier molecular flexibility index (Phi) is 6.61. The van der Waals surface area contributed by atoms with E-state index in [1.807, 2.05) is 55.5 Å². The van der Waals surface area contributed by atoms with Crippen molar-refractivity contribution in [1.29, 1.82) is 5.26 Å². The minimum absolute atomic E-state index is 0.0199. The Morgan fingerprint density at radius 2 is 1.93 bits per heavy atom. The highest BCUT2D eigenvalue weighted by molar-refractivity contribution is 8.00. The smallest absolute Gasteiger partial charge is 0.240 e. The van der Waals surface area contributed by atoms with Crippen molar-refractivity contribution in [2.45, 2.75) is 29.9 Å². The molecule has 1 heterocycles. The lowest BCUT2D eigenvalue weighted by Crippen LogP contribution is -2.37. The summed E-state index contributed by atoms with van der Waals surface area (Å²) < 4.78 is 11.4. The van der Waals surface area contributed by atoms with E-state index in [9.17, 15) is 4.79 Å². The number of carbonyl (C=O) groups is 1. The summed E-state index contributed by atoms with van der Waals surface area (Å²) in [7, 11) is 0. The number of para-hydroxylation sites is 1. The van der Waals surface area contributed by atoms with Gasteiger partial charge in [-0.2, -0.15) is 5.26 Å². The molecule has 3 rings (SSSR count). The fourth-order valence-corrected chi connectivity index (χ4v) is 3.79. The molecule has 0 saturated carbocycles. The van der Waals surface area contributed by atoms with Gasteiger partial charge in [-0.05, 0) is 37.3 Å². The van der Waals surface area contributed by atoms with Gasteiger partial charge < -0.3 is 14.4 Å². The van der Waals surface area contributed by atoms with E-state index in [0.29, 0.717) is 26.2 Å². The van der Waals surface area contributed by atoms with Crippen molar-refractivity contribution in [3.05, 3.63) is 48.5 Å². The van der Waals surface area contributed by atoms with E-state index in [-0.39, 0.29) is 11.2 Å². The number of hydrogen-bond acceptors (Lipinski definition) is 5. The first-order valence-corrected chi connectivity index (χ1v) is 9.86. The molecule has 140 valence electrons. The topological polar surface area (TPSA) is 62.6 Å². The quantitative estimate of drug-likeness (QED) is 0.698. The molecular formula is C21H22N2O3S. The highest BCUT2D eigenvalue weighted by atomic mass is 32.2. The second-order valence-corrected chi connectivity index (χ2v) is 7.57. The van der Waals surface area contributed by atoms with Crippen molar-refractivity contribution in [2.75, 3.05) is 24.7 Å². The van der Waals surface area contributed by atoms with Gasteiger partial charge in [0.25, 0.3) is 0 Å². The molecule has 0 aliphatic carbocycles. The van der Waals surface area contributed by atoms with Crippen LogP contribution in [0.15, 0.2) is 53.4 Å². The Bertz CT molecular complexity index is 820. The Morgan fingerprint density at radius 3 is 2.67 bits per heavy atom. The van der Waals surface area contributed by atoms with Gasteiger partial charge in [0.1, 0.15) is 0 Å². The molecule has 0 saturated heterocycles. The molecule has 0 N–H and O–H groups in total. The normalized spacial score (nSPS) is 13.9. The van der Waals surface area contributed by atoms with Crippen LogP contribution in [0.25, 0.3) is 0 Å². The summed E-state index contributed by atoms with van der Waals surface area (Å²) in [6.07, 6.45) is 1.15. The number of fused-ring (bicyclic) bond motifs is 1. The molecule has 0 spiro atoms. The van der Waals surface area contributed by atoms with E-state index >= 15 is 0 Å². The van der Waals surface area contributed by atoms with Crippen molar-refractivity contribution in [3.8, 4) is 17.6 Å². The van der Waals surface area contributed by atoms with Crippen LogP contribution in [-0.4, -0.2) is 30.9 Å². The molecule has 0 aromatic heterocycles. The van der Waals surface area contributed by atoms with Crippen molar-refractivity contribution >= 4 is 23.4 Å². The van der Waals surface area contributed by atoms with Crippen molar-refractivity contribution in [2.24, 2.45) is 0 Å². The molecule has 0 radical (unpaired) electrons. The molecule has 27 heavy (non-hydrogen) atoms. The molecular weight excluding hydrogens is 360 g/mol. The predicted octanol–water partition coefficient (Wildman–Crippen LogP) is 4.28. The number of ether oxygens (including phenoxy) is 2. The van der Waals surface area contributed by atoms with Gasteiger partial charge in [-0.15, -0.1) is 11.8 Å². The van der Waals surface area contributed by atoms with Crippen molar-refractivity contribution in [3.63, 3.8) is 0 Å². The molecule has 1 aliphatic heterocycles. The van der Waals surface area contributed by atoms with Gasteiger partial charge in [0.05, 0.1) is 31.0 Å². The average molecular weight is 382 g/mol. The number of rotatable bonds is 6. The van der Waals surface area contributed by atoms with E-state index in [0.717, 1.165) is 28.5 Å². The number of hydrogen-bond donors (Lipinski definition) is 0. The third kappa shape index (κ3) is 4.95. The molecule has 1 aliphatic rings. The summed E-state index contributed by atoms with van der Waals surface area (Å²) in [6, 6.07) is 17.4. The average Bonchev–Trinajstić information content (AvgIpc) is 2.94. The highest BCUT2D eigenvalue weighted by Gasteiger charge is 2.23. The van der Waals surface area contributed by atoms with Crippen molar-refractivity contribution in [1.82, 2.24) is 0 Å². The number of amides is 1. The van der Waals surface area contributed by atoms with Crippen LogP contribution < -0.4 is 14.4 Å². The summed E-state index contributed by atoms with van der Waals surface area (Å²) in [6.45, 7) is 3.55. The van der Waals surface area contributed by atoms with Gasteiger partial charge in [-0.1, -0.05) is 18.2 Å². The zero-order chi connectivity index (χ0) is 19.1. The Labute approximate surface area is 163 Å². The van der Waals surface area contributed by atoms with Crippen LogP contribution >= 0.6 is 11.8 Å². The fraction of sp³-hybridized carbons (Fsp3) is 0.333. The number of benzene rings is 2. The number of nitriles is 1. The molecule has 0 bridgehead atoms. The zero-order valence-electron chi connectivity index (χ0n) is 15.3. The lowest BCUT2D eigenvalue weighted by Gasteiger charge is -2.25. The maximum absolute atomic E-state index is 13.0. The minimum atomic E-state index is -0.298. The summed E-state index contributed by atoms with van der Waals surface area (Å²) in [5.74, 6) is 1.45. The maximum atomic E-state index is 13.0. The predicted molar refractivity (Wildman–Crippen MR) is 106 cm³/mol. The first-order valence-electron chi connectivity index (χ1n) is 8.98. The Morgan fingerprint density at radius 1 is 1.19 bits per heavy atom. The minimum Gasteiger partial charge on any atom is -0.490 e. The van der Waals surface area contributed by atoms with Gasteiger partial charge in [0, 0.05) is 23.5 Å². The third-order valence-electron chi connectivity index (χ3n) is 4.16. The van der Waals surface area contributed by atoms with Crippen LogP contribution in [0.2, 0.25) is 0 Å². The molecule has 1 amide bonds. The van der Waals surface area contributed by atoms with Crippen molar-refractivity contribution < 1.29 is 14.3 Å². The molecule has 1 atom stereocenters. The van der Waals surface area contributed by atoms with Crippen LogP contribution in [0.4, 0.5) is 5.69 Å². The van der Waals surface area contributed by atoms with Crippen LogP contribution in [0.5, 0.6) is 11.5 Å². The standard InChI is InChI=1S/C21H22N2O3S/c1-16(21(24)23(12-5-11-22)17-7-3-2-4-8-17)27-18-9-10-19-20(15-18)26-14-6-13-25-19/h2-4,7-10,15-16H,5-6,12-14H2,1H3. The SMILES string of the molecule is CC(Sc1ccc2c(c1)OCCCO2)C(=O)N(CCC#N)c1ccccc1. The van der Waals surface area contributed by atoms with Gasteiger partial charge in [0.2, 0.25) is 5.91 Å². The van der Waals surface area contributed by atoms with Crippen LogP contribution in [-0.2, 0) is 4.79 Å². The second-order valence-electron chi connectivity index (χ2n) is 6.15. The Balaban J connectivity index is 1.73. The third-order valence-corrected chi connectivity index (χ3v) is 5.24. The number of thioether (sulfide) groups is 1. The monoisotopic (exact) mass is 382 g/mol. The van der Waals surface area contributed by atoms with E-state index < -0.39 is 0 Å². The lowest BCUT2D eigenvalue weighted by atomic mass is 10.2. The second kappa shape index (κ2) is 9.33. The maximum Gasteiger partial charge on any atom is 0.240 e. The van der Waals surface area contributed by atoms with Gasteiger partial charge in [-0.3, -0.25) is 4.79 Å². The highest BCUT2D eigenvalue weighted by Crippen LogP contribution is 2.35. The first kappa shape index (κ1) is 19.1. The van der Waals surface area contributed by atoms with Crippen LogP contribution in [0.3, 0.4) is 0 Å². The van der Waals surface area contributed by atoms with Gasteiger partial charge in [0.15, 0.2) is 11.5 Å². The largest absolute Gasteiger partial charge is 0.490 e. The molecule has 0 fully saturated rings. The van der Waals surface area contributed by atoms with Crippen LogP contribution in [0.1, 0.15) is 19.8 Å². The Hall–Kier alpha value is -2.65. The van der Waals surface area contributed by atoms with Crippen LogP contribution in [0, 0.1) is 11.3 Å². The fourth-order valence-electron chi connectivity index (χ4n) is 2.83. The number of nitrogens with zero attached hydrogens (tertiary/aromatic N) is 2. The zero-order valence-corrected chi connectivity index (χ0v) is 16.1. The molecule has 6 heteroatoms. The molecule has 5 nitrogen and oxygen atoms in total.